The number of thiazole rings is 1. The van der Waals surface area contributed by atoms with Gasteiger partial charge >= 0.3 is 7.60 Å². The Morgan fingerprint density at radius 2 is 1.64 bits per heavy atom. The number of aromatic nitrogens is 1. The molecule has 0 unspecified atom stereocenters. The lowest BCUT2D eigenvalue weighted by atomic mass is 10.1. The van der Waals surface area contributed by atoms with Gasteiger partial charge in [-0.05, 0) is 45.4 Å². The molecule has 1 aromatic heterocycles. The average molecular weight is 577 g/mol. The van der Waals surface area contributed by atoms with Crippen LogP contribution in [0.4, 0.5) is 5.13 Å². The number of carbonyl (C=O) groups excluding carboxylic acids is 1. The van der Waals surface area contributed by atoms with Crippen LogP contribution in [0.1, 0.15) is 49.3 Å². The minimum Gasteiger partial charge on any atom is -0.490 e. The van der Waals surface area contributed by atoms with Crippen LogP contribution in [0.15, 0.2) is 53.9 Å². The van der Waals surface area contributed by atoms with Crippen LogP contribution < -0.4 is 14.8 Å². The van der Waals surface area contributed by atoms with E-state index in [2.05, 4.69) is 22.4 Å². The maximum Gasteiger partial charge on any atom is 0.336 e. The molecule has 9 nitrogen and oxygen atoms in total. The molecule has 0 bridgehead atoms. The lowest BCUT2D eigenvalue weighted by molar-refractivity contribution is 0.0913. The minimum atomic E-state index is -3.30. The first-order chi connectivity index (χ1) is 18.7. The van der Waals surface area contributed by atoms with Crippen molar-refractivity contribution < 1.29 is 32.6 Å². The van der Waals surface area contributed by atoms with Crippen molar-refractivity contribution in [1.82, 2.24) is 4.98 Å². The summed E-state index contributed by atoms with van der Waals surface area (Å²) in [5, 5.41) is 4.91. The second kappa shape index (κ2) is 15.1. The number of nitrogens with zero attached hydrogens (tertiary/aromatic N) is 1. The van der Waals surface area contributed by atoms with E-state index >= 15 is 0 Å². The van der Waals surface area contributed by atoms with Crippen molar-refractivity contribution in [1.29, 1.82) is 0 Å². The van der Waals surface area contributed by atoms with Crippen molar-refractivity contribution in [2.45, 2.75) is 52.5 Å². The van der Waals surface area contributed by atoms with Crippen LogP contribution in [0.2, 0.25) is 0 Å². The molecule has 0 saturated heterocycles. The Hall–Kier alpha value is -2.75. The second-order valence-electron chi connectivity index (χ2n) is 8.90. The van der Waals surface area contributed by atoms with Gasteiger partial charge in [0, 0.05) is 30.5 Å². The van der Waals surface area contributed by atoms with Gasteiger partial charge in [0.15, 0.2) is 5.13 Å². The summed E-state index contributed by atoms with van der Waals surface area (Å²) in [5.41, 5.74) is 2.02. The summed E-state index contributed by atoms with van der Waals surface area (Å²) < 4.78 is 40.9. The Bertz CT molecular complexity index is 1230. The van der Waals surface area contributed by atoms with E-state index in [0.29, 0.717) is 40.9 Å². The fraction of sp³-hybridized carbons (Fsp3) is 0.429. The molecule has 0 radical (unpaired) electrons. The molecular weight excluding hydrogens is 539 g/mol. The molecule has 1 heterocycles. The number of methoxy groups -OCH3 is 1. The maximum absolute atomic E-state index is 13.2. The van der Waals surface area contributed by atoms with E-state index < -0.39 is 7.60 Å². The minimum absolute atomic E-state index is 0.0268. The van der Waals surface area contributed by atoms with Gasteiger partial charge in [-0.25, -0.2) is 4.98 Å². The second-order valence-corrected chi connectivity index (χ2v) is 11.8. The van der Waals surface area contributed by atoms with Crippen LogP contribution >= 0.6 is 18.9 Å². The van der Waals surface area contributed by atoms with Crippen LogP contribution in [-0.2, 0) is 30.9 Å². The summed E-state index contributed by atoms with van der Waals surface area (Å²) in [7, 11) is -1.70. The quantitative estimate of drug-likeness (QED) is 0.191. The third kappa shape index (κ3) is 10.1. The summed E-state index contributed by atoms with van der Waals surface area (Å²) in [4.78, 5) is 17.6. The van der Waals surface area contributed by atoms with E-state index in [9.17, 15) is 9.36 Å². The molecule has 0 aliphatic heterocycles. The molecule has 0 fully saturated rings. The molecule has 3 aromatic rings. The van der Waals surface area contributed by atoms with Crippen LogP contribution in [-0.4, -0.2) is 50.0 Å². The monoisotopic (exact) mass is 576 g/mol. The zero-order valence-electron chi connectivity index (χ0n) is 23.0. The van der Waals surface area contributed by atoms with Gasteiger partial charge in [0.2, 0.25) is 0 Å². The van der Waals surface area contributed by atoms with Gasteiger partial charge in [-0.2, -0.15) is 0 Å². The number of hydrogen-bond donors (Lipinski definition) is 1. The highest BCUT2D eigenvalue weighted by atomic mass is 32.1. The summed E-state index contributed by atoms with van der Waals surface area (Å²) >= 11 is 1.23. The third-order valence-electron chi connectivity index (χ3n) is 5.36. The van der Waals surface area contributed by atoms with Gasteiger partial charge in [0.1, 0.15) is 17.6 Å². The molecule has 39 heavy (non-hydrogen) atoms. The van der Waals surface area contributed by atoms with Gasteiger partial charge in [0.05, 0.1) is 37.8 Å². The van der Waals surface area contributed by atoms with Crippen LogP contribution in [0.5, 0.6) is 11.5 Å². The first-order valence-electron chi connectivity index (χ1n) is 12.9. The maximum atomic E-state index is 13.2. The van der Waals surface area contributed by atoms with E-state index in [0.717, 1.165) is 5.56 Å². The van der Waals surface area contributed by atoms with Crippen molar-refractivity contribution >= 4 is 30.0 Å². The topological polar surface area (TPSA) is 105 Å². The molecule has 1 N–H and O–H groups in total. The average Bonchev–Trinajstić information content (AvgIpc) is 3.30. The fourth-order valence-corrected chi connectivity index (χ4v) is 6.32. The third-order valence-corrected chi connectivity index (χ3v) is 8.18. The number of anilines is 1. The van der Waals surface area contributed by atoms with E-state index in [4.69, 9.17) is 23.3 Å². The lowest BCUT2D eigenvalue weighted by Gasteiger charge is -2.19. The summed E-state index contributed by atoms with van der Waals surface area (Å²) in [5.74, 6) is 0.627. The smallest absolute Gasteiger partial charge is 0.336 e. The normalized spacial score (nSPS) is 13.1. The molecule has 11 heteroatoms. The fourth-order valence-electron chi connectivity index (χ4n) is 3.89. The van der Waals surface area contributed by atoms with E-state index in [1.54, 1.807) is 44.5 Å². The largest absolute Gasteiger partial charge is 0.490 e. The number of nitrogens with one attached hydrogen (secondary N) is 1. The summed E-state index contributed by atoms with van der Waals surface area (Å²) in [6, 6.07) is 15.2. The Morgan fingerprint density at radius 1 is 1.00 bits per heavy atom. The highest BCUT2D eigenvalue weighted by Gasteiger charge is 2.26. The molecule has 212 valence electrons. The van der Waals surface area contributed by atoms with Crippen molar-refractivity contribution in [3.05, 3.63) is 70.7 Å². The molecule has 0 spiro atoms. The first-order valence-corrected chi connectivity index (χ1v) is 15.5. The molecule has 2 atom stereocenters. The van der Waals surface area contributed by atoms with Crippen molar-refractivity contribution in [2.24, 2.45) is 0 Å². The Kier molecular flexibility index (Phi) is 12.0. The Balaban J connectivity index is 1.76. The number of carbonyl (C=O) groups is 1. The van der Waals surface area contributed by atoms with Gasteiger partial charge in [-0.15, -0.1) is 11.3 Å². The number of rotatable bonds is 16. The van der Waals surface area contributed by atoms with Gasteiger partial charge in [0.25, 0.3) is 5.91 Å². The predicted molar refractivity (Wildman–Crippen MR) is 153 cm³/mol. The van der Waals surface area contributed by atoms with Gasteiger partial charge in [-0.3, -0.25) is 14.7 Å². The molecule has 0 saturated carbocycles. The Morgan fingerprint density at radius 3 is 2.26 bits per heavy atom. The molecule has 0 aliphatic carbocycles. The van der Waals surface area contributed by atoms with Crippen molar-refractivity contribution in [3.63, 3.8) is 0 Å². The van der Waals surface area contributed by atoms with E-state index in [-0.39, 0.29) is 37.5 Å². The van der Waals surface area contributed by atoms with Gasteiger partial charge in [-0.1, -0.05) is 30.3 Å². The molecule has 0 aliphatic rings. The number of hydrogen-bond acceptors (Lipinski definition) is 9. The molecule has 2 aromatic carbocycles. The number of amides is 1. The van der Waals surface area contributed by atoms with Crippen molar-refractivity contribution in [3.8, 4) is 11.5 Å². The zero-order valence-corrected chi connectivity index (χ0v) is 24.8. The van der Waals surface area contributed by atoms with Crippen molar-refractivity contribution in [2.75, 3.05) is 32.2 Å². The number of benzene rings is 2. The summed E-state index contributed by atoms with van der Waals surface area (Å²) in [6.45, 7) is 8.30. The summed E-state index contributed by atoms with van der Waals surface area (Å²) in [6.07, 6.45) is 0.376. The Labute approximate surface area is 234 Å². The van der Waals surface area contributed by atoms with E-state index in [1.165, 1.54) is 11.3 Å². The molecular formula is C28H37N2O7PS. The highest BCUT2D eigenvalue weighted by molar-refractivity contribution is 7.53. The van der Waals surface area contributed by atoms with Crippen LogP contribution in [0.25, 0.3) is 0 Å². The highest BCUT2D eigenvalue weighted by Crippen LogP contribution is 2.51. The van der Waals surface area contributed by atoms with Gasteiger partial charge < -0.3 is 23.3 Å². The zero-order chi connectivity index (χ0) is 28.3. The van der Waals surface area contributed by atoms with Crippen LogP contribution in [0.3, 0.4) is 0 Å². The van der Waals surface area contributed by atoms with Crippen LogP contribution in [0, 0.1) is 0 Å². The molecule has 3 rings (SSSR count). The van der Waals surface area contributed by atoms with E-state index in [1.807, 2.05) is 32.0 Å². The number of ether oxygens (including phenoxy) is 3. The predicted octanol–water partition coefficient (Wildman–Crippen LogP) is 6.59. The SMILES string of the molecule is CCOP(=O)(Cc1csc(NC(=O)c2cc(O[C@@H](C)COC)cc(O[C@@H](C)Cc3ccccc3)c2)n1)OCC. The standard InChI is InChI=1S/C28H37N2O7PS/c1-6-34-38(32,35-7-2)18-24-19-39-28(29-24)30-27(31)23-14-25(16-26(15-23)37-21(4)17-33-5)36-20(3)13-22-11-9-8-10-12-22/h8-12,14-16,19-21H,6-7,13,17-18H2,1-5H3,(H,29,30,31)/t20-,21-/m0/s1. The molecule has 1 amide bonds. The first kappa shape index (κ1) is 30.8. The lowest BCUT2D eigenvalue weighted by Crippen LogP contribution is -2.19.